The molecule has 0 bridgehead atoms. The Labute approximate surface area is 170 Å². The van der Waals surface area contributed by atoms with Gasteiger partial charge in [-0.1, -0.05) is 60.7 Å². The molecule has 0 aliphatic heterocycles. The highest BCUT2D eigenvalue weighted by molar-refractivity contribution is 5.81. The predicted octanol–water partition coefficient (Wildman–Crippen LogP) is 3.61. The molecule has 0 radical (unpaired) electrons. The lowest BCUT2D eigenvalue weighted by Gasteiger charge is -2.26. The molecule has 1 N–H and O–H groups in total. The number of hydrogen-bond donors (Lipinski definition) is 1. The molecule has 0 spiro atoms. The lowest BCUT2D eigenvalue weighted by Crippen LogP contribution is -3.08. The van der Waals surface area contributed by atoms with Crippen molar-refractivity contribution in [2.75, 3.05) is 14.2 Å². The Kier molecular flexibility index (Phi) is 5.45. The van der Waals surface area contributed by atoms with Gasteiger partial charge in [0, 0.05) is 34.2 Å². The van der Waals surface area contributed by atoms with Gasteiger partial charge in [0.2, 0.25) is 0 Å². The molecule has 0 amide bonds. The summed E-state index contributed by atoms with van der Waals surface area (Å²) >= 11 is 0. The average molecular weight is 386 g/mol. The molecule has 0 saturated carbocycles. The summed E-state index contributed by atoms with van der Waals surface area (Å²) in [5.41, 5.74) is 3.66. The summed E-state index contributed by atoms with van der Waals surface area (Å²) < 4.78 is 10.7. The molecule has 0 aliphatic rings. The van der Waals surface area contributed by atoms with Crippen molar-refractivity contribution in [2.24, 2.45) is 0 Å². The van der Waals surface area contributed by atoms with Crippen molar-refractivity contribution in [2.45, 2.75) is 12.6 Å². The maximum Gasteiger partial charge on any atom is 0.336 e. The van der Waals surface area contributed by atoms with Gasteiger partial charge in [0.1, 0.15) is 23.9 Å². The van der Waals surface area contributed by atoms with Crippen LogP contribution < -0.4 is 15.3 Å². The second-order valence-electron chi connectivity index (χ2n) is 7.23. The second kappa shape index (κ2) is 8.33. The Morgan fingerprint density at radius 2 is 1.52 bits per heavy atom. The zero-order chi connectivity index (χ0) is 20.2. The summed E-state index contributed by atoms with van der Waals surface area (Å²) in [5, 5.41) is 0.935. The lowest BCUT2D eigenvalue weighted by molar-refractivity contribution is -0.919. The van der Waals surface area contributed by atoms with E-state index in [9.17, 15) is 4.79 Å². The monoisotopic (exact) mass is 386 g/mol. The van der Waals surface area contributed by atoms with Gasteiger partial charge in [-0.3, -0.25) is 0 Å². The maximum absolute atomic E-state index is 12.2. The molecule has 1 heterocycles. The molecule has 4 heteroatoms. The topological polar surface area (TPSA) is 43.9 Å². The molecular weight excluding hydrogens is 362 g/mol. The minimum atomic E-state index is -0.343. The molecule has 146 valence electrons. The van der Waals surface area contributed by atoms with Crippen LogP contribution in [-0.4, -0.2) is 14.2 Å². The normalized spacial score (nSPS) is 12.2. The second-order valence-corrected chi connectivity index (χ2v) is 7.23. The first-order chi connectivity index (χ1) is 14.2. The van der Waals surface area contributed by atoms with Crippen molar-refractivity contribution in [1.82, 2.24) is 0 Å². The third-order valence-corrected chi connectivity index (χ3v) is 5.27. The predicted molar refractivity (Wildman–Crippen MR) is 114 cm³/mol. The highest BCUT2D eigenvalue weighted by Gasteiger charge is 2.24. The maximum atomic E-state index is 12.2. The van der Waals surface area contributed by atoms with Gasteiger partial charge in [-0.2, -0.15) is 0 Å². The molecular formula is C25H24NO3+. The number of ether oxygens (including phenoxy) is 1. The number of hydrogen-bond acceptors (Lipinski definition) is 3. The van der Waals surface area contributed by atoms with Crippen LogP contribution >= 0.6 is 0 Å². The van der Waals surface area contributed by atoms with E-state index in [4.69, 9.17) is 9.15 Å². The number of methoxy groups -OCH3 is 1. The molecule has 1 aromatic heterocycles. The van der Waals surface area contributed by atoms with E-state index < -0.39 is 0 Å². The van der Waals surface area contributed by atoms with Gasteiger partial charge in [0.05, 0.1) is 14.2 Å². The van der Waals surface area contributed by atoms with Crippen LogP contribution in [0.3, 0.4) is 0 Å². The summed E-state index contributed by atoms with van der Waals surface area (Å²) in [6.45, 7) is 0.683. The van der Waals surface area contributed by atoms with E-state index in [1.165, 1.54) is 16.0 Å². The summed E-state index contributed by atoms with van der Waals surface area (Å²) in [6.07, 6.45) is 0. The molecule has 1 atom stereocenters. The molecule has 29 heavy (non-hydrogen) atoms. The van der Waals surface area contributed by atoms with E-state index in [0.717, 1.165) is 10.9 Å². The van der Waals surface area contributed by atoms with Gasteiger partial charge in [-0.05, 0) is 12.1 Å². The van der Waals surface area contributed by atoms with Crippen molar-refractivity contribution in [3.8, 4) is 5.75 Å². The fourth-order valence-electron chi connectivity index (χ4n) is 3.94. The first-order valence-corrected chi connectivity index (χ1v) is 9.68. The van der Waals surface area contributed by atoms with E-state index in [1.54, 1.807) is 19.2 Å². The Morgan fingerprint density at radius 3 is 2.10 bits per heavy atom. The SMILES string of the molecule is COc1ccc2c(C[NH+](C)C(c3ccccc3)c3ccccc3)cc(=O)oc2c1. The molecule has 0 aliphatic carbocycles. The van der Waals surface area contributed by atoms with Crippen LogP contribution in [0.5, 0.6) is 5.75 Å². The standard InChI is InChI=1S/C25H23NO3/c1-26(25(18-9-5-3-6-10-18)19-11-7-4-8-12-19)17-20-15-24(27)29-23-16-21(28-2)13-14-22(20)23/h3-16,25H,17H2,1-2H3/p+1. The van der Waals surface area contributed by atoms with Crippen LogP contribution in [0, 0.1) is 0 Å². The lowest BCUT2D eigenvalue weighted by atomic mass is 9.96. The summed E-state index contributed by atoms with van der Waals surface area (Å²) in [4.78, 5) is 13.4. The van der Waals surface area contributed by atoms with Crippen LogP contribution in [-0.2, 0) is 6.54 Å². The van der Waals surface area contributed by atoms with Gasteiger partial charge < -0.3 is 14.1 Å². The fourth-order valence-corrected chi connectivity index (χ4v) is 3.94. The first kappa shape index (κ1) is 19.0. The van der Waals surface area contributed by atoms with Crippen molar-refractivity contribution in [3.05, 3.63) is 112 Å². The number of fused-ring (bicyclic) bond motifs is 1. The van der Waals surface area contributed by atoms with Crippen molar-refractivity contribution in [3.63, 3.8) is 0 Å². The summed E-state index contributed by atoms with van der Waals surface area (Å²) in [5.74, 6) is 0.671. The van der Waals surface area contributed by atoms with Crippen molar-refractivity contribution < 1.29 is 14.1 Å². The Hall–Kier alpha value is -3.37. The van der Waals surface area contributed by atoms with Crippen molar-refractivity contribution in [1.29, 1.82) is 0 Å². The van der Waals surface area contributed by atoms with E-state index in [1.807, 2.05) is 24.3 Å². The highest BCUT2D eigenvalue weighted by Crippen LogP contribution is 2.23. The van der Waals surface area contributed by atoms with Gasteiger partial charge in [0.25, 0.3) is 0 Å². The Bertz CT molecular complexity index is 1110. The molecule has 4 rings (SSSR count). The van der Waals surface area contributed by atoms with Crippen LogP contribution in [0.4, 0.5) is 0 Å². The minimum absolute atomic E-state index is 0.151. The number of rotatable bonds is 6. The number of nitrogens with one attached hydrogen (secondary N) is 1. The quantitative estimate of drug-likeness (QED) is 0.515. The van der Waals surface area contributed by atoms with Crippen LogP contribution in [0.2, 0.25) is 0 Å². The summed E-state index contributed by atoms with van der Waals surface area (Å²) in [6, 6.07) is 28.3. The third kappa shape index (κ3) is 4.08. The van der Waals surface area contributed by atoms with Crippen LogP contribution in [0.15, 0.2) is 94.1 Å². The average Bonchev–Trinajstić information content (AvgIpc) is 2.75. The van der Waals surface area contributed by atoms with Gasteiger partial charge in [-0.25, -0.2) is 4.79 Å². The van der Waals surface area contributed by atoms with Crippen LogP contribution in [0.25, 0.3) is 11.0 Å². The van der Waals surface area contributed by atoms with Crippen LogP contribution in [0.1, 0.15) is 22.7 Å². The smallest absolute Gasteiger partial charge is 0.336 e. The van der Waals surface area contributed by atoms with Gasteiger partial charge in [0.15, 0.2) is 0 Å². The van der Waals surface area contributed by atoms with E-state index in [2.05, 4.69) is 55.6 Å². The van der Waals surface area contributed by atoms with Crippen molar-refractivity contribution >= 4 is 11.0 Å². The molecule has 4 nitrogen and oxygen atoms in total. The zero-order valence-corrected chi connectivity index (χ0v) is 16.6. The zero-order valence-electron chi connectivity index (χ0n) is 16.6. The number of benzene rings is 3. The summed E-state index contributed by atoms with van der Waals surface area (Å²) in [7, 11) is 3.76. The Morgan fingerprint density at radius 1 is 0.897 bits per heavy atom. The Balaban J connectivity index is 1.75. The minimum Gasteiger partial charge on any atom is -0.497 e. The van der Waals surface area contributed by atoms with Gasteiger partial charge >= 0.3 is 5.63 Å². The molecule has 0 fully saturated rings. The fraction of sp³-hybridized carbons (Fsp3) is 0.160. The molecule has 3 aromatic carbocycles. The molecule has 4 aromatic rings. The van der Waals surface area contributed by atoms with E-state index in [-0.39, 0.29) is 11.7 Å². The number of quaternary nitrogens is 1. The molecule has 1 unspecified atom stereocenters. The first-order valence-electron chi connectivity index (χ1n) is 9.68. The van der Waals surface area contributed by atoms with Gasteiger partial charge in [-0.15, -0.1) is 0 Å². The van der Waals surface area contributed by atoms with E-state index in [0.29, 0.717) is 17.9 Å². The molecule has 0 saturated heterocycles. The third-order valence-electron chi connectivity index (χ3n) is 5.27. The van der Waals surface area contributed by atoms with E-state index >= 15 is 0 Å². The largest absolute Gasteiger partial charge is 0.497 e. The highest BCUT2D eigenvalue weighted by atomic mass is 16.5.